The molecule has 0 saturated heterocycles. The fourth-order valence-electron chi connectivity index (χ4n) is 1.30. The van der Waals surface area contributed by atoms with Crippen molar-refractivity contribution in [2.45, 2.75) is 39.7 Å². The van der Waals surface area contributed by atoms with E-state index in [1.54, 1.807) is 6.08 Å². The molecule has 1 atom stereocenters. The van der Waals surface area contributed by atoms with Crippen LogP contribution in [0.2, 0.25) is 0 Å². The van der Waals surface area contributed by atoms with E-state index in [-0.39, 0.29) is 6.10 Å². The van der Waals surface area contributed by atoms with Gasteiger partial charge in [-0.1, -0.05) is 19.9 Å². The molecule has 0 aliphatic rings. The number of aliphatic hydroxyl groups is 1. The first-order valence-corrected chi connectivity index (χ1v) is 5.83. The Kier molecular flexibility index (Phi) is 15.5. The molecule has 0 spiro atoms. The summed E-state index contributed by atoms with van der Waals surface area (Å²) in [6.45, 7) is 13.2. The minimum absolute atomic E-state index is 0.187. The van der Waals surface area contributed by atoms with Crippen LogP contribution in [0, 0.1) is 0 Å². The number of nitrogens with zero attached hydrogens (tertiary/aromatic N) is 1. The lowest BCUT2D eigenvalue weighted by atomic mass is 10.3. The molecule has 3 nitrogen and oxygen atoms in total. The van der Waals surface area contributed by atoms with Crippen molar-refractivity contribution in [3.05, 3.63) is 12.7 Å². The van der Waals surface area contributed by atoms with Gasteiger partial charge in [0.2, 0.25) is 0 Å². The molecule has 0 bridgehead atoms. The summed E-state index contributed by atoms with van der Waals surface area (Å²) < 4.78 is 0. The Labute approximate surface area is 95.0 Å². The van der Waals surface area contributed by atoms with Crippen molar-refractivity contribution in [2.24, 2.45) is 5.73 Å². The van der Waals surface area contributed by atoms with E-state index < -0.39 is 0 Å². The topological polar surface area (TPSA) is 49.5 Å². The first-order valence-electron chi connectivity index (χ1n) is 5.83. The van der Waals surface area contributed by atoms with Gasteiger partial charge in [0.1, 0.15) is 0 Å². The smallest absolute Gasteiger partial charge is 0.0639 e. The molecule has 0 aromatic carbocycles. The van der Waals surface area contributed by atoms with Gasteiger partial charge in [-0.15, -0.1) is 6.58 Å². The summed E-state index contributed by atoms with van der Waals surface area (Å²) in [6.07, 6.45) is 3.81. The fourth-order valence-corrected chi connectivity index (χ4v) is 1.30. The zero-order chi connectivity index (χ0) is 12.1. The Morgan fingerprint density at radius 1 is 1.33 bits per heavy atom. The second-order valence-electron chi connectivity index (χ2n) is 3.67. The second kappa shape index (κ2) is 13.6. The lowest BCUT2D eigenvalue weighted by molar-refractivity contribution is 0.126. The molecule has 0 aliphatic heterocycles. The molecule has 3 N–H and O–H groups in total. The number of aliphatic hydroxyl groups excluding tert-OH is 1. The van der Waals surface area contributed by atoms with Gasteiger partial charge in [-0.05, 0) is 32.9 Å². The molecule has 0 amide bonds. The molecular weight excluding hydrogens is 188 g/mol. The van der Waals surface area contributed by atoms with Crippen LogP contribution in [-0.2, 0) is 0 Å². The maximum atomic E-state index is 9.13. The van der Waals surface area contributed by atoms with Crippen molar-refractivity contribution in [3.63, 3.8) is 0 Å². The first-order chi connectivity index (χ1) is 7.12. The summed E-state index contributed by atoms with van der Waals surface area (Å²) in [5, 5.41) is 9.13. The van der Waals surface area contributed by atoms with E-state index in [2.05, 4.69) is 25.3 Å². The van der Waals surface area contributed by atoms with Crippen LogP contribution >= 0.6 is 0 Å². The Morgan fingerprint density at radius 2 is 1.73 bits per heavy atom. The van der Waals surface area contributed by atoms with Gasteiger partial charge in [0.15, 0.2) is 0 Å². The molecular formula is C12H28N2O. The average molecular weight is 216 g/mol. The summed E-state index contributed by atoms with van der Waals surface area (Å²) in [6, 6.07) is 0. The van der Waals surface area contributed by atoms with Crippen LogP contribution in [0.1, 0.15) is 33.6 Å². The van der Waals surface area contributed by atoms with Crippen molar-refractivity contribution in [1.29, 1.82) is 0 Å². The van der Waals surface area contributed by atoms with Gasteiger partial charge in [-0.25, -0.2) is 0 Å². The van der Waals surface area contributed by atoms with Gasteiger partial charge >= 0.3 is 0 Å². The molecule has 0 radical (unpaired) electrons. The maximum Gasteiger partial charge on any atom is 0.0639 e. The third-order valence-electron chi connectivity index (χ3n) is 1.77. The third kappa shape index (κ3) is 16.3. The zero-order valence-corrected chi connectivity index (χ0v) is 10.6. The third-order valence-corrected chi connectivity index (χ3v) is 1.77. The Bertz CT molecular complexity index is 121. The predicted octanol–water partition coefficient (Wildman–Crippen LogP) is 1.62. The highest BCUT2D eigenvalue weighted by Crippen LogP contribution is 1.95. The molecule has 92 valence electrons. The van der Waals surface area contributed by atoms with E-state index in [1.165, 1.54) is 12.8 Å². The Balaban J connectivity index is 0. The van der Waals surface area contributed by atoms with Crippen LogP contribution in [0.25, 0.3) is 0 Å². The molecule has 0 heterocycles. The van der Waals surface area contributed by atoms with E-state index in [4.69, 9.17) is 10.8 Å². The van der Waals surface area contributed by atoms with Crippen molar-refractivity contribution < 1.29 is 5.11 Å². The lowest BCUT2D eigenvalue weighted by Gasteiger charge is -2.22. The number of hydrogen-bond acceptors (Lipinski definition) is 3. The van der Waals surface area contributed by atoms with Crippen molar-refractivity contribution in [3.8, 4) is 0 Å². The van der Waals surface area contributed by atoms with E-state index >= 15 is 0 Å². The molecule has 3 heteroatoms. The second-order valence-corrected chi connectivity index (χ2v) is 3.67. The van der Waals surface area contributed by atoms with Gasteiger partial charge in [-0.2, -0.15) is 0 Å². The van der Waals surface area contributed by atoms with Crippen LogP contribution in [0.3, 0.4) is 0 Å². The Morgan fingerprint density at radius 3 is 1.93 bits per heavy atom. The van der Waals surface area contributed by atoms with E-state index in [9.17, 15) is 0 Å². The minimum Gasteiger partial charge on any atom is -0.392 e. The first kappa shape index (κ1) is 17.0. The van der Waals surface area contributed by atoms with Crippen LogP contribution in [0.5, 0.6) is 0 Å². The van der Waals surface area contributed by atoms with Gasteiger partial charge in [0.25, 0.3) is 0 Å². The molecule has 0 rings (SSSR count). The summed E-state index contributed by atoms with van der Waals surface area (Å²) in [5.41, 5.74) is 4.91. The monoisotopic (exact) mass is 216 g/mol. The highest BCUT2D eigenvalue weighted by molar-refractivity contribution is 4.64. The largest absolute Gasteiger partial charge is 0.392 e. The zero-order valence-electron chi connectivity index (χ0n) is 10.6. The molecule has 15 heavy (non-hydrogen) atoms. The fraction of sp³-hybridized carbons (Fsp3) is 0.833. The van der Waals surface area contributed by atoms with Crippen molar-refractivity contribution in [2.75, 3.05) is 26.2 Å². The van der Waals surface area contributed by atoms with E-state index in [0.29, 0.717) is 6.54 Å². The summed E-state index contributed by atoms with van der Waals surface area (Å²) in [4.78, 5) is 2.31. The van der Waals surface area contributed by atoms with Gasteiger partial charge < -0.3 is 15.7 Å². The van der Waals surface area contributed by atoms with Crippen LogP contribution < -0.4 is 5.73 Å². The van der Waals surface area contributed by atoms with Crippen LogP contribution in [0.4, 0.5) is 0 Å². The molecule has 0 aliphatic carbocycles. The highest BCUT2D eigenvalue weighted by atomic mass is 16.3. The quantitative estimate of drug-likeness (QED) is 0.636. The van der Waals surface area contributed by atoms with Gasteiger partial charge in [-0.3, -0.25) is 0 Å². The van der Waals surface area contributed by atoms with Crippen molar-refractivity contribution >= 4 is 0 Å². The molecule has 0 fully saturated rings. The minimum atomic E-state index is -0.187. The molecule has 0 aromatic rings. The van der Waals surface area contributed by atoms with Gasteiger partial charge in [0.05, 0.1) is 6.10 Å². The average Bonchev–Trinajstić information content (AvgIpc) is 2.18. The standard InChI is InChI=1S/C9H21NO.C3H7N/c1-4-6-10(7-5-2)8-9(3)11;1-2-3-4/h9,11H,4-8H2,1-3H3;2H,1,3-4H2. The van der Waals surface area contributed by atoms with Gasteiger partial charge in [0, 0.05) is 13.1 Å². The normalized spacial score (nSPS) is 11.9. The van der Waals surface area contributed by atoms with Crippen molar-refractivity contribution in [1.82, 2.24) is 4.90 Å². The number of hydrogen-bond donors (Lipinski definition) is 2. The van der Waals surface area contributed by atoms with E-state index in [0.717, 1.165) is 19.6 Å². The molecule has 1 unspecified atom stereocenters. The summed E-state index contributed by atoms with van der Waals surface area (Å²) >= 11 is 0. The molecule has 0 aromatic heterocycles. The SMILES string of the molecule is C=CCN.CCCN(CCC)CC(C)O. The number of rotatable bonds is 7. The maximum absolute atomic E-state index is 9.13. The summed E-state index contributed by atoms with van der Waals surface area (Å²) in [7, 11) is 0. The van der Waals surface area contributed by atoms with Crippen LogP contribution in [-0.4, -0.2) is 42.3 Å². The Hall–Kier alpha value is -0.380. The van der Waals surface area contributed by atoms with E-state index in [1.807, 2.05) is 6.92 Å². The summed E-state index contributed by atoms with van der Waals surface area (Å²) in [5.74, 6) is 0. The highest BCUT2D eigenvalue weighted by Gasteiger charge is 2.04. The van der Waals surface area contributed by atoms with Crippen LogP contribution in [0.15, 0.2) is 12.7 Å². The lowest BCUT2D eigenvalue weighted by Crippen LogP contribution is -2.32. The molecule has 0 saturated carbocycles. The predicted molar refractivity (Wildman–Crippen MR) is 68.0 cm³/mol. The number of nitrogens with two attached hydrogens (primary N) is 1.